The van der Waals surface area contributed by atoms with Crippen LogP contribution < -0.4 is 5.73 Å². The van der Waals surface area contributed by atoms with E-state index in [2.05, 4.69) is 6.92 Å². The van der Waals surface area contributed by atoms with E-state index in [1.54, 1.807) is 0 Å². The first-order valence-corrected chi connectivity index (χ1v) is 6.68. The van der Waals surface area contributed by atoms with E-state index < -0.39 is 0 Å². The van der Waals surface area contributed by atoms with Gasteiger partial charge in [-0.25, -0.2) is 0 Å². The Morgan fingerprint density at radius 1 is 1.19 bits per heavy atom. The van der Waals surface area contributed by atoms with Gasteiger partial charge in [-0.2, -0.15) is 0 Å². The van der Waals surface area contributed by atoms with Gasteiger partial charge in [0.1, 0.15) is 0 Å². The normalized spacial score (nSPS) is 22.7. The molecule has 0 aromatic carbocycles. The molecular formula is C13H27NO2. The first-order valence-electron chi connectivity index (χ1n) is 6.68. The lowest BCUT2D eigenvalue weighted by Crippen LogP contribution is -2.43. The lowest BCUT2D eigenvalue weighted by molar-refractivity contribution is -0.113. The smallest absolute Gasteiger partial charge is 0.0808 e. The van der Waals surface area contributed by atoms with Gasteiger partial charge in [-0.3, -0.25) is 0 Å². The standard InChI is InChI=1S/C13H27NO2/c1-3-15-10-12(2)16-13(11-14)8-6-4-5-7-9-13/h12H,3-11,14H2,1-2H3. The SMILES string of the molecule is CCOCC(C)OC1(CN)CCCCCC1. The Balaban J connectivity index is 2.43. The zero-order valence-electron chi connectivity index (χ0n) is 10.8. The number of nitrogens with two attached hydrogens (primary N) is 1. The third-order valence-corrected chi connectivity index (χ3v) is 3.39. The molecule has 0 saturated heterocycles. The first kappa shape index (κ1) is 13.9. The summed E-state index contributed by atoms with van der Waals surface area (Å²) < 4.78 is 11.6. The van der Waals surface area contributed by atoms with Crippen molar-refractivity contribution < 1.29 is 9.47 Å². The van der Waals surface area contributed by atoms with Gasteiger partial charge in [0, 0.05) is 13.2 Å². The van der Waals surface area contributed by atoms with Gasteiger partial charge in [-0.15, -0.1) is 0 Å². The summed E-state index contributed by atoms with van der Waals surface area (Å²) in [4.78, 5) is 0. The maximum absolute atomic E-state index is 6.16. The molecule has 0 radical (unpaired) electrons. The Morgan fingerprint density at radius 2 is 1.81 bits per heavy atom. The molecule has 0 aromatic heterocycles. The summed E-state index contributed by atoms with van der Waals surface area (Å²) in [6.45, 7) is 6.17. The highest BCUT2D eigenvalue weighted by Crippen LogP contribution is 2.30. The third kappa shape index (κ3) is 4.40. The van der Waals surface area contributed by atoms with Crippen molar-refractivity contribution in [2.75, 3.05) is 19.8 Å². The fourth-order valence-corrected chi connectivity index (χ4v) is 2.49. The summed E-state index contributed by atoms with van der Waals surface area (Å²) in [5.41, 5.74) is 5.84. The minimum Gasteiger partial charge on any atom is -0.379 e. The predicted molar refractivity (Wildman–Crippen MR) is 66.5 cm³/mol. The molecule has 0 amide bonds. The van der Waals surface area contributed by atoms with E-state index in [0.717, 1.165) is 19.4 Å². The predicted octanol–water partition coefficient (Wildman–Crippen LogP) is 2.48. The summed E-state index contributed by atoms with van der Waals surface area (Å²) in [5.74, 6) is 0. The van der Waals surface area contributed by atoms with Crippen molar-refractivity contribution >= 4 is 0 Å². The number of hydrogen-bond acceptors (Lipinski definition) is 3. The van der Waals surface area contributed by atoms with Gasteiger partial charge < -0.3 is 15.2 Å². The maximum atomic E-state index is 6.16. The molecule has 1 saturated carbocycles. The van der Waals surface area contributed by atoms with E-state index in [4.69, 9.17) is 15.2 Å². The molecule has 0 aliphatic heterocycles. The fraction of sp³-hybridized carbons (Fsp3) is 1.00. The summed E-state index contributed by atoms with van der Waals surface area (Å²) in [6, 6.07) is 0. The van der Waals surface area contributed by atoms with E-state index in [1.807, 2.05) is 6.92 Å². The van der Waals surface area contributed by atoms with Gasteiger partial charge in [0.15, 0.2) is 0 Å². The van der Waals surface area contributed by atoms with Gasteiger partial charge in [0.2, 0.25) is 0 Å². The summed E-state index contributed by atoms with van der Waals surface area (Å²) in [7, 11) is 0. The van der Waals surface area contributed by atoms with Gasteiger partial charge in [0.05, 0.1) is 18.3 Å². The van der Waals surface area contributed by atoms with Crippen LogP contribution in [0.25, 0.3) is 0 Å². The van der Waals surface area contributed by atoms with Crippen LogP contribution in [0.5, 0.6) is 0 Å². The van der Waals surface area contributed by atoms with Gasteiger partial charge in [-0.1, -0.05) is 25.7 Å². The zero-order chi connectivity index (χ0) is 11.9. The van der Waals surface area contributed by atoms with Crippen molar-refractivity contribution in [1.82, 2.24) is 0 Å². The molecule has 3 heteroatoms. The lowest BCUT2D eigenvalue weighted by atomic mass is 9.94. The first-order chi connectivity index (χ1) is 7.72. The average molecular weight is 229 g/mol. The molecule has 0 bridgehead atoms. The van der Waals surface area contributed by atoms with Crippen LogP contribution in [0.15, 0.2) is 0 Å². The molecule has 0 aromatic rings. The van der Waals surface area contributed by atoms with Crippen LogP contribution in [0.3, 0.4) is 0 Å². The van der Waals surface area contributed by atoms with Crippen molar-refractivity contribution in [3.05, 3.63) is 0 Å². The molecule has 1 rings (SSSR count). The van der Waals surface area contributed by atoms with Crippen molar-refractivity contribution in [2.24, 2.45) is 5.73 Å². The Bertz CT molecular complexity index is 177. The topological polar surface area (TPSA) is 44.5 Å². The van der Waals surface area contributed by atoms with Crippen molar-refractivity contribution in [3.8, 4) is 0 Å². The van der Waals surface area contributed by atoms with E-state index >= 15 is 0 Å². The van der Waals surface area contributed by atoms with Gasteiger partial charge in [-0.05, 0) is 26.7 Å². The van der Waals surface area contributed by atoms with Crippen molar-refractivity contribution in [2.45, 2.75) is 64.1 Å². The molecular weight excluding hydrogens is 202 g/mol. The van der Waals surface area contributed by atoms with E-state index in [-0.39, 0.29) is 11.7 Å². The van der Waals surface area contributed by atoms with Crippen LogP contribution in [0.2, 0.25) is 0 Å². The maximum Gasteiger partial charge on any atom is 0.0808 e. The van der Waals surface area contributed by atoms with Crippen LogP contribution in [-0.2, 0) is 9.47 Å². The summed E-state index contributed by atoms with van der Waals surface area (Å²) in [5, 5.41) is 0. The zero-order valence-corrected chi connectivity index (χ0v) is 10.8. The quantitative estimate of drug-likeness (QED) is 0.712. The molecule has 0 heterocycles. The van der Waals surface area contributed by atoms with Crippen LogP contribution in [0.1, 0.15) is 52.4 Å². The van der Waals surface area contributed by atoms with Crippen molar-refractivity contribution in [1.29, 1.82) is 0 Å². The second-order valence-electron chi connectivity index (χ2n) is 4.89. The van der Waals surface area contributed by atoms with Gasteiger partial charge >= 0.3 is 0 Å². The fourth-order valence-electron chi connectivity index (χ4n) is 2.49. The Kier molecular flexibility index (Phi) is 6.32. The largest absolute Gasteiger partial charge is 0.379 e. The number of rotatable bonds is 6. The number of hydrogen-bond donors (Lipinski definition) is 1. The molecule has 1 aliphatic rings. The second kappa shape index (κ2) is 7.25. The summed E-state index contributed by atoms with van der Waals surface area (Å²) in [6.07, 6.45) is 7.52. The highest BCUT2D eigenvalue weighted by atomic mass is 16.5. The molecule has 1 unspecified atom stereocenters. The Morgan fingerprint density at radius 3 is 2.31 bits per heavy atom. The molecule has 16 heavy (non-hydrogen) atoms. The van der Waals surface area contributed by atoms with Crippen LogP contribution in [0, 0.1) is 0 Å². The summed E-state index contributed by atoms with van der Waals surface area (Å²) >= 11 is 0. The van der Waals surface area contributed by atoms with Crippen molar-refractivity contribution in [3.63, 3.8) is 0 Å². The molecule has 1 atom stereocenters. The second-order valence-corrected chi connectivity index (χ2v) is 4.89. The van der Waals surface area contributed by atoms with Crippen LogP contribution >= 0.6 is 0 Å². The molecule has 3 nitrogen and oxygen atoms in total. The van der Waals surface area contributed by atoms with Gasteiger partial charge in [0.25, 0.3) is 0 Å². The van der Waals surface area contributed by atoms with E-state index in [9.17, 15) is 0 Å². The van der Waals surface area contributed by atoms with E-state index in [0.29, 0.717) is 13.2 Å². The monoisotopic (exact) mass is 229 g/mol. The highest BCUT2D eigenvalue weighted by Gasteiger charge is 2.32. The number of ether oxygens (including phenoxy) is 2. The molecule has 0 spiro atoms. The lowest BCUT2D eigenvalue weighted by Gasteiger charge is -2.34. The third-order valence-electron chi connectivity index (χ3n) is 3.39. The average Bonchev–Trinajstić information content (AvgIpc) is 2.52. The van der Waals surface area contributed by atoms with Crippen LogP contribution in [-0.4, -0.2) is 31.5 Å². The Labute approximate surface area is 99.7 Å². The highest BCUT2D eigenvalue weighted by molar-refractivity contribution is 4.85. The molecule has 96 valence electrons. The minimum atomic E-state index is -0.0764. The van der Waals surface area contributed by atoms with Crippen LogP contribution in [0.4, 0.5) is 0 Å². The van der Waals surface area contributed by atoms with E-state index in [1.165, 1.54) is 25.7 Å². The minimum absolute atomic E-state index is 0.0764. The molecule has 2 N–H and O–H groups in total. The Hall–Kier alpha value is -0.120. The molecule has 1 aliphatic carbocycles. The molecule has 1 fully saturated rings.